The monoisotopic (exact) mass is 310 g/mol. The zero-order chi connectivity index (χ0) is 16.2. The van der Waals surface area contributed by atoms with Gasteiger partial charge in [0.2, 0.25) is 0 Å². The van der Waals surface area contributed by atoms with Gasteiger partial charge in [-0.15, -0.1) is 0 Å². The molecule has 0 amide bonds. The van der Waals surface area contributed by atoms with Gasteiger partial charge in [0.05, 0.1) is 11.4 Å². The fraction of sp³-hybridized carbons (Fsp3) is 0.0909. The van der Waals surface area contributed by atoms with Crippen LogP contribution in [0.1, 0.15) is 18.5 Å². The minimum absolute atomic E-state index is 0.780. The maximum absolute atomic E-state index is 4.84. The molecule has 0 saturated carbocycles. The zero-order valence-electron chi connectivity index (χ0n) is 13.4. The molecule has 0 saturated heterocycles. The second kappa shape index (κ2) is 6.63. The van der Waals surface area contributed by atoms with Crippen molar-refractivity contribution in [3.05, 3.63) is 90.7 Å². The average molecular weight is 310 g/mol. The topological polar surface area (TPSA) is 25.8 Å². The molecule has 0 N–H and O–H groups in total. The minimum Gasteiger partial charge on any atom is -0.228 e. The molecule has 0 atom stereocenters. The van der Waals surface area contributed by atoms with Gasteiger partial charge in [0.1, 0.15) is 0 Å². The van der Waals surface area contributed by atoms with Crippen molar-refractivity contribution in [1.82, 2.24) is 9.97 Å². The molecule has 1 aliphatic carbocycles. The molecule has 0 unspecified atom stereocenters. The molecule has 0 spiro atoms. The van der Waals surface area contributed by atoms with Gasteiger partial charge in [0, 0.05) is 11.1 Å². The van der Waals surface area contributed by atoms with Gasteiger partial charge in [-0.3, -0.25) is 0 Å². The zero-order valence-corrected chi connectivity index (χ0v) is 13.4. The largest absolute Gasteiger partial charge is 0.228 e. The molecule has 1 aliphatic rings. The molecule has 1 heterocycles. The Bertz CT molecular complexity index is 836. The Labute approximate surface area is 142 Å². The van der Waals surface area contributed by atoms with E-state index in [1.165, 1.54) is 5.57 Å². The standard InChI is InChI=1S/C22H18N2/c1-4-10-17(11-5-1)20-16-21(18-12-6-2-7-13-18)24-22(23-20)19-14-8-3-9-15-19/h1-6,8-12,14-16H,7,13H2. The molecular formula is C22H18N2. The number of aromatic nitrogens is 2. The molecule has 0 bridgehead atoms. The lowest BCUT2D eigenvalue weighted by atomic mass is 10.00. The van der Waals surface area contributed by atoms with Crippen LogP contribution in [-0.2, 0) is 0 Å². The predicted octanol–water partition coefficient (Wildman–Crippen LogP) is 5.54. The van der Waals surface area contributed by atoms with Crippen LogP contribution >= 0.6 is 0 Å². The van der Waals surface area contributed by atoms with Crippen LogP contribution in [0.2, 0.25) is 0 Å². The van der Waals surface area contributed by atoms with Gasteiger partial charge in [-0.05, 0) is 24.5 Å². The summed E-state index contributed by atoms with van der Waals surface area (Å²) in [5.74, 6) is 0.780. The van der Waals surface area contributed by atoms with Crippen molar-refractivity contribution in [1.29, 1.82) is 0 Å². The Kier molecular flexibility index (Phi) is 4.03. The summed E-state index contributed by atoms with van der Waals surface area (Å²) in [4.78, 5) is 9.65. The quantitative estimate of drug-likeness (QED) is 0.634. The van der Waals surface area contributed by atoms with E-state index < -0.39 is 0 Å². The van der Waals surface area contributed by atoms with Gasteiger partial charge in [-0.1, -0.05) is 78.9 Å². The van der Waals surface area contributed by atoms with E-state index in [9.17, 15) is 0 Å². The first kappa shape index (κ1) is 14.6. The highest BCUT2D eigenvalue weighted by Crippen LogP contribution is 2.28. The van der Waals surface area contributed by atoms with Gasteiger partial charge >= 0.3 is 0 Å². The molecule has 24 heavy (non-hydrogen) atoms. The highest BCUT2D eigenvalue weighted by molar-refractivity contribution is 5.72. The first-order chi connectivity index (χ1) is 11.9. The van der Waals surface area contributed by atoms with Crippen molar-refractivity contribution in [3.8, 4) is 22.6 Å². The Balaban J connectivity index is 1.88. The van der Waals surface area contributed by atoms with Crippen LogP contribution in [-0.4, -0.2) is 9.97 Å². The molecule has 2 nitrogen and oxygen atoms in total. The highest BCUT2D eigenvalue weighted by Gasteiger charge is 2.12. The summed E-state index contributed by atoms with van der Waals surface area (Å²) in [6, 6.07) is 22.6. The maximum Gasteiger partial charge on any atom is 0.160 e. The summed E-state index contributed by atoms with van der Waals surface area (Å²) in [5.41, 5.74) is 5.42. The van der Waals surface area contributed by atoms with Crippen molar-refractivity contribution in [3.63, 3.8) is 0 Å². The average Bonchev–Trinajstić information content (AvgIpc) is 2.70. The SMILES string of the molecule is C1=CCCC(c2cc(-c3ccccc3)nc(-c3ccccc3)n2)=C1. The van der Waals surface area contributed by atoms with Crippen molar-refractivity contribution in [2.24, 2.45) is 0 Å². The van der Waals surface area contributed by atoms with Gasteiger partial charge in [0.25, 0.3) is 0 Å². The predicted molar refractivity (Wildman–Crippen MR) is 99.3 cm³/mol. The van der Waals surface area contributed by atoms with Crippen LogP contribution < -0.4 is 0 Å². The molecule has 0 radical (unpaired) electrons. The molecular weight excluding hydrogens is 292 g/mol. The molecule has 0 aliphatic heterocycles. The molecule has 2 aromatic carbocycles. The second-order valence-corrected chi connectivity index (χ2v) is 5.85. The van der Waals surface area contributed by atoms with E-state index in [4.69, 9.17) is 9.97 Å². The molecule has 4 rings (SSSR count). The molecule has 0 fully saturated rings. The third-order valence-corrected chi connectivity index (χ3v) is 4.17. The molecule has 2 heteroatoms. The Hall–Kier alpha value is -3.00. The van der Waals surface area contributed by atoms with Crippen LogP contribution in [0.15, 0.2) is 85.0 Å². The number of hydrogen-bond donors (Lipinski definition) is 0. The summed E-state index contributed by atoms with van der Waals surface area (Å²) >= 11 is 0. The highest BCUT2D eigenvalue weighted by atomic mass is 14.9. The van der Waals surface area contributed by atoms with Crippen LogP contribution in [0.25, 0.3) is 28.2 Å². The van der Waals surface area contributed by atoms with E-state index in [0.717, 1.165) is 41.2 Å². The smallest absolute Gasteiger partial charge is 0.160 e. The summed E-state index contributed by atoms with van der Waals surface area (Å²) in [7, 11) is 0. The first-order valence-electron chi connectivity index (χ1n) is 8.26. The fourth-order valence-corrected chi connectivity index (χ4v) is 2.90. The van der Waals surface area contributed by atoms with Crippen LogP contribution in [0, 0.1) is 0 Å². The maximum atomic E-state index is 4.84. The minimum atomic E-state index is 0.780. The number of rotatable bonds is 3. The van der Waals surface area contributed by atoms with Crippen molar-refractivity contribution < 1.29 is 0 Å². The summed E-state index contributed by atoms with van der Waals surface area (Å²) in [5, 5.41) is 0. The second-order valence-electron chi connectivity index (χ2n) is 5.85. The lowest BCUT2D eigenvalue weighted by Gasteiger charge is -2.12. The van der Waals surface area contributed by atoms with E-state index in [0.29, 0.717) is 0 Å². The number of nitrogens with zero attached hydrogens (tertiary/aromatic N) is 2. The van der Waals surface area contributed by atoms with Crippen LogP contribution in [0.4, 0.5) is 0 Å². The molecule has 1 aromatic heterocycles. The fourth-order valence-electron chi connectivity index (χ4n) is 2.90. The lowest BCUT2D eigenvalue weighted by molar-refractivity contribution is 1.03. The summed E-state index contributed by atoms with van der Waals surface area (Å²) in [6.07, 6.45) is 8.56. The van der Waals surface area contributed by atoms with Crippen molar-refractivity contribution >= 4 is 5.57 Å². The van der Waals surface area contributed by atoms with Gasteiger partial charge in [-0.2, -0.15) is 0 Å². The first-order valence-corrected chi connectivity index (χ1v) is 8.26. The lowest BCUT2D eigenvalue weighted by Crippen LogP contribution is -1.99. The number of allylic oxidation sites excluding steroid dienone is 4. The van der Waals surface area contributed by atoms with Gasteiger partial charge in [0.15, 0.2) is 5.82 Å². The Morgan fingerprint density at radius 3 is 2.04 bits per heavy atom. The van der Waals surface area contributed by atoms with E-state index >= 15 is 0 Å². The van der Waals surface area contributed by atoms with E-state index in [2.05, 4.69) is 48.6 Å². The van der Waals surface area contributed by atoms with Crippen molar-refractivity contribution in [2.45, 2.75) is 12.8 Å². The summed E-state index contributed by atoms with van der Waals surface area (Å²) in [6.45, 7) is 0. The third-order valence-electron chi connectivity index (χ3n) is 4.17. The summed E-state index contributed by atoms with van der Waals surface area (Å²) < 4.78 is 0. The van der Waals surface area contributed by atoms with E-state index in [1.807, 2.05) is 36.4 Å². The molecule has 3 aromatic rings. The van der Waals surface area contributed by atoms with E-state index in [1.54, 1.807) is 0 Å². The normalized spacial score (nSPS) is 13.6. The van der Waals surface area contributed by atoms with Gasteiger partial charge in [-0.25, -0.2) is 9.97 Å². The van der Waals surface area contributed by atoms with Crippen molar-refractivity contribution in [2.75, 3.05) is 0 Å². The van der Waals surface area contributed by atoms with E-state index in [-0.39, 0.29) is 0 Å². The van der Waals surface area contributed by atoms with Crippen LogP contribution in [0.5, 0.6) is 0 Å². The Morgan fingerprint density at radius 2 is 1.38 bits per heavy atom. The molecule has 116 valence electrons. The van der Waals surface area contributed by atoms with Crippen LogP contribution in [0.3, 0.4) is 0 Å². The third kappa shape index (κ3) is 3.04. The number of benzene rings is 2. The number of hydrogen-bond acceptors (Lipinski definition) is 2. The van der Waals surface area contributed by atoms with Gasteiger partial charge < -0.3 is 0 Å². The Morgan fingerprint density at radius 1 is 0.708 bits per heavy atom.